The van der Waals surface area contributed by atoms with E-state index in [4.69, 9.17) is 4.42 Å². The second kappa shape index (κ2) is 6.32. The van der Waals surface area contributed by atoms with Crippen LogP contribution in [0.25, 0.3) is 10.6 Å². The molecular formula is C12H14Br2N2OS. The van der Waals surface area contributed by atoms with Crippen LogP contribution in [-0.2, 0) is 6.54 Å². The highest BCUT2D eigenvalue weighted by atomic mass is 79.9. The minimum Gasteiger partial charge on any atom is -0.438 e. The van der Waals surface area contributed by atoms with Gasteiger partial charge in [0.15, 0.2) is 5.76 Å². The molecule has 1 N–H and O–H groups in total. The summed E-state index contributed by atoms with van der Waals surface area (Å²) in [7, 11) is 0. The van der Waals surface area contributed by atoms with Gasteiger partial charge in [-0.2, -0.15) is 0 Å². The third kappa shape index (κ3) is 3.66. The predicted octanol–water partition coefficient (Wildman–Crippen LogP) is 4.67. The lowest BCUT2D eigenvalue weighted by Crippen LogP contribution is -2.18. The van der Waals surface area contributed by atoms with Crippen molar-refractivity contribution in [3.05, 3.63) is 26.4 Å². The molecule has 3 nitrogen and oxygen atoms in total. The van der Waals surface area contributed by atoms with Crippen molar-refractivity contribution in [3.63, 3.8) is 0 Å². The summed E-state index contributed by atoms with van der Waals surface area (Å²) in [4.78, 5) is 5.34. The molecule has 0 unspecified atom stereocenters. The number of thiophene rings is 1. The lowest BCUT2D eigenvalue weighted by Gasteiger charge is -2.04. The molecule has 0 saturated heterocycles. The summed E-state index contributed by atoms with van der Waals surface area (Å²) in [6.45, 7) is 5.99. The number of nitrogens with zero attached hydrogens (tertiary/aromatic N) is 1. The maximum absolute atomic E-state index is 5.71. The van der Waals surface area contributed by atoms with Gasteiger partial charge in [-0.15, -0.1) is 11.3 Å². The van der Waals surface area contributed by atoms with Gasteiger partial charge in [-0.1, -0.05) is 13.8 Å². The fourth-order valence-corrected chi connectivity index (χ4v) is 3.42. The molecular weight excluding hydrogens is 380 g/mol. The van der Waals surface area contributed by atoms with E-state index in [-0.39, 0.29) is 0 Å². The van der Waals surface area contributed by atoms with Gasteiger partial charge >= 0.3 is 0 Å². The molecule has 2 aromatic rings. The van der Waals surface area contributed by atoms with Gasteiger partial charge in [0.2, 0.25) is 5.89 Å². The van der Waals surface area contributed by atoms with Crippen LogP contribution in [0.1, 0.15) is 19.7 Å². The highest BCUT2D eigenvalue weighted by molar-refractivity contribution is 9.13. The Kier molecular flexibility index (Phi) is 5.00. The first kappa shape index (κ1) is 14.2. The first-order valence-electron chi connectivity index (χ1n) is 5.67. The fourth-order valence-electron chi connectivity index (χ4n) is 1.44. The zero-order valence-corrected chi connectivity index (χ0v) is 14.2. The van der Waals surface area contributed by atoms with Crippen LogP contribution in [0, 0.1) is 5.92 Å². The van der Waals surface area contributed by atoms with E-state index < -0.39 is 0 Å². The minimum absolute atomic E-state index is 0.628. The Hall–Kier alpha value is -0.170. The van der Waals surface area contributed by atoms with E-state index in [2.05, 4.69) is 56.0 Å². The molecule has 98 valence electrons. The Morgan fingerprint density at radius 2 is 2.22 bits per heavy atom. The third-order valence-corrected chi connectivity index (χ3v) is 5.54. The van der Waals surface area contributed by atoms with Crippen molar-refractivity contribution in [2.75, 3.05) is 6.54 Å². The molecule has 0 fully saturated rings. The number of oxazole rings is 1. The fraction of sp³-hybridized carbons (Fsp3) is 0.417. The minimum atomic E-state index is 0.628. The van der Waals surface area contributed by atoms with Gasteiger partial charge in [-0.25, -0.2) is 4.98 Å². The number of nitrogens with one attached hydrogen (secondary N) is 1. The Bertz CT molecular complexity index is 502. The average molecular weight is 394 g/mol. The van der Waals surface area contributed by atoms with Crippen molar-refractivity contribution in [1.82, 2.24) is 10.3 Å². The molecule has 0 spiro atoms. The van der Waals surface area contributed by atoms with Gasteiger partial charge < -0.3 is 9.73 Å². The van der Waals surface area contributed by atoms with E-state index >= 15 is 0 Å². The van der Waals surface area contributed by atoms with Crippen LogP contribution >= 0.6 is 43.2 Å². The van der Waals surface area contributed by atoms with Crippen LogP contribution in [0.15, 0.2) is 24.9 Å². The average Bonchev–Trinajstić information content (AvgIpc) is 2.87. The standard InChI is InChI=1S/C12H14Br2N2OS/c1-7(2)4-15-6-11-16-5-9(17-11)10-3-8(13)12(14)18-10/h3,5,7,15H,4,6H2,1-2H3. The van der Waals surface area contributed by atoms with Gasteiger partial charge in [0.25, 0.3) is 0 Å². The maximum Gasteiger partial charge on any atom is 0.208 e. The Balaban J connectivity index is 2.01. The topological polar surface area (TPSA) is 38.1 Å². The molecule has 0 aliphatic heterocycles. The lowest BCUT2D eigenvalue weighted by atomic mass is 10.2. The number of rotatable bonds is 5. The summed E-state index contributed by atoms with van der Waals surface area (Å²) in [5.74, 6) is 2.17. The zero-order chi connectivity index (χ0) is 13.1. The second-order valence-electron chi connectivity index (χ2n) is 4.38. The SMILES string of the molecule is CC(C)CNCc1ncc(-c2cc(Br)c(Br)s2)o1. The van der Waals surface area contributed by atoms with Crippen LogP contribution in [0.3, 0.4) is 0 Å². The van der Waals surface area contributed by atoms with E-state index in [1.807, 2.05) is 6.07 Å². The van der Waals surface area contributed by atoms with Gasteiger partial charge in [-0.05, 0) is 50.4 Å². The molecule has 0 aromatic carbocycles. The smallest absolute Gasteiger partial charge is 0.208 e. The Labute approximate surface area is 127 Å². The van der Waals surface area contributed by atoms with Crippen molar-refractivity contribution in [3.8, 4) is 10.6 Å². The highest BCUT2D eigenvalue weighted by Crippen LogP contribution is 2.38. The summed E-state index contributed by atoms with van der Waals surface area (Å²) in [6, 6.07) is 2.03. The third-order valence-electron chi connectivity index (χ3n) is 2.27. The molecule has 0 atom stereocenters. The van der Waals surface area contributed by atoms with Crippen LogP contribution < -0.4 is 5.32 Å². The van der Waals surface area contributed by atoms with E-state index in [0.29, 0.717) is 12.5 Å². The monoisotopic (exact) mass is 392 g/mol. The van der Waals surface area contributed by atoms with E-state index in [1.165, 1.54) is 0 Å². The molecule has 0 saturated carbocycles. The molecule has 18 heavy (non-hydrogen) atoms. The van der Waals surface area contributed by atoms with Crippen molar-refractivity contribution in [2.24, 2.45) is 5.92 Å². The summed E-state index contributed by atoms with van der Waals surface area (Å²) in [5.41, 5.74) is 0. The molecule has 6 heteroatoms. The largest absolute Gasteiger partial charge is 0.438 e. The van der Waals surface area contributed by atoms with E-state index in [0.717, 1.165) is 31.3 Å². The number of halogens is 2. The first-order valence-corrected chi connectivity index (χ1v) is 8.07. The normalized spacial score (nSPS) is 11.4. The molecule has 2 aromatic heterocycles. The molecule has 2 rings (SSSR count). The van der Waals surface area contributed by atoms with Crippen molar-refractivity contribution < 1.29 is 4.42 Å². The summed E-state index contributed by atoms with van der Waals surface area (Å²) >= 11 is 8.57. The van der Waals surface area contributed by atoms with Crippen molar-refractivity contribution in [1.29, 1.82) is 0 Å². The van der Waals surface area contributed by atoms with Crippen LogP contribution in [0.4, 0.5) is 0 Å². The van der Waals surface area contributed by atoms with E-state index in [9.17, 15) is 0 Å². The van der Waals surface area contributed by atoms with Crippen LogP contribution in [0.2, 0.25) is 0 Å². The van der Waals surface area contributed by atoms with Gasteiger partial charge in [0, 0.05) is 4.47 Å². The van der Waals surface area contributed by atoms with Gasteiger partial charge in [-0.3, -0.25) is 0 Å². The van der Waals surface area contributed by atoms with Crippen LogP contribution in [-0.4, -0.2) is 11.5 Å². The molecule has 0 bridgehead atoms. The summed E-state index contributed by atoms with van der Waals surface area (Å²) in [6.07, 6.45) is 1.77. The Morgan fingerprint density at radius 1 is 1.44 bits per heavy atom. The predicted molar refractivity (Wildman–Crippen MR) is 81.8 cm³/mol. The highest BCUT2D eigenvalue weighted by Gasteiger charge is 2.11. The molecule has 2 heterocycles. The molecule has 0 amide bonds. The number of hydrogen-bond donors (Lipinski definition) is 1. The number of hydrogen-bond acceptors (Lipinski definition) is 4. The van der Waals surface area contributed by atoms with Gasteiger partial charge in [0.1, 0.15) is 0 Å². The lowest BCUT2D eigenvalue weighted by molar-refractivity contribution is 0.459. The van der Waals surface area contributed by atoms with E-state index in [1.54, 1.807) is 17.5 Å². The molecule has 0 aliphatic carbocycles. The quantitative estimate of drug-likeness (QED) is 0.801. The first-order chi connectivity index (χ1) is 8.56. The van der Waals surface area contributed by atoms with Crippen molar-refractivity contribution >= 4 is 43.2 Å². The zero-order valence-electron chi connectivity index (χ0n) is 10.2. The maximum atomic E-state index is 5.71. The number of aromatic nitrogens is 1. The molecule has 0 aliphatic rings. The molecule has 0 radical (unpaired) electrons. The second-order valence-corrected chi connectivity index (χ2v) is 7.60. The van der Waals surface area contributed by atoms with Crippen LogP contribution in [0.5, 0.6) is 0 Å². The summed E-state index contributed by atoms with van der Waals surface area (Å²) < 4.78 is 7.82. The summed E-state index contributed by atoms with van der Waals surface area (Å²) in [5, 5.41) is 3.31. The Morgan fingerprint density at radius 3 is 2.83 bits per heavy atom. The van der Waals surface area contributed by atoms with Crippen molar-refractivity contribution in [2.45, 2.75) is 20.4 Å². The van der Waals surface area contributed by atoms with Gasteiger partial charge in [0.05, 0.1) is 21.4 Å².